The first-order chi connectivity index (χ1) is 5.88. The largest absolute Gasteiger partial charge is 0.342 e. The highest BCUT2D eigenvalue weighted by Crippen LogP contribution is 2.35. The second kappa shape index (κ2) is 3.29. The van der Waals surface area contributed by atoms with Crippen LogP contribution in [0.1, 0.15) is 27.2 Å². The number of amides is 1. The highest BCUT2D eigenvalue weighted by molar-refractivity contribution is 5.79. The van der Waals surface area contributed by atoms with Crippen molar-refractivity contribution in [2.24, 2.45) is 17.1 Å². The summed E-state index contributed by atoms with van der Waals surface area (Å²) in [4.78, 5) is 13.3. The molecule has 1 rings (SSSR count). The van der Waals surface area contributed by atoms with Crippen LogP contribution in [0.2, 0.25) is 0 Å². The number of nitrogens with zero attached hydrogens (tertiary/aromatic N) is 1. The maximum Gasteiger partial charge on any atom is 0.222 e. The molecule has 0 aromatic rings. The summed E-state index contributed by atoms with van der Waals surface area (Å²) in [6, 6.07) is 0.296. The highest BCUT2D eigenvalue weighted by atomic mass is 16.2. The molecule has 0 saturated carbocycles. The summed E-state index contributed by atoms with van der Waals surface area (Å²) in [6.07, 6.45) is 0.620. The van der Waals surface area contributed by atoms with Crippen LogP contribution in [0.4, 0.5) is 0 Å². The van der Waals surface area contributed by atoms with Crippen LogP contribution in [-0.4, -0.2) is 30.4 Å². The van der Waals surface area contributed by atoms with Crippen molar-refractivity contribution in [3.63, 3.8) is 0 Å². The smallest absolute Gasteiger partial charge is 0.222 e. The van der Waals surface area contributed by atoms with Crippen LogP contribution in [0, 0.1) is 11.3 Å². The van der Waals surface area contributed by atoms with Gasteiger partial charge in [-0.25, -0.2) is 0 Å². The van der Waals surface area contributed by atoms with Crippen LogP contribution < -0.4 is 5.73 Å². The van der Waals surface area contributed by atoms with Gasteiger partial charge in [-0.2, -0.15) is 0 Å². The molecule has 1 fully saturated rings. The Labute approximate surface area is 80.3 Å². The van der Waals surface area contributed by atoms with Crippen LogP contribution in [0.25, 0.3) is 0 Å². The van der Waals surface area contributed by atoms with Gasteiger partial charge in [0.2, 0.25) is 5.91 Å². The standard InChI is InChI=1S/C10H20N2O/c1-10(2,3)9-7(6-11)5-8(13)12(9)4/h7,9H,5-6,11H2,1-4H3. The summed E-state index contributed by atoms with van der Waals surface area (Å²) in [5.41, 5.74) is 5.80. The van der Waals surface area contributed by atoms with Crippen LogP contribution in [-0.2, 0) is 4.79 Å². The lowest BCUT2D eigenvalue weighted by molar-refractivity contribution is -0.128. The molecule has 2 atom stereocenters. The molecule has 1 heterocycles. The molecule has 3 nitrogen and oxygen atoms in total. The summed E-state index contributed by atoms with van der Waals surface area (Å²) in [6.45, 7) is 7.10. The van der Waals surface area contributed by atoms with Gasteiger partial charge in [-0.05, 0) is 12.0 Å². The third kappa shape index (κ3) is 1.85. The minimum Gasteiger partial charge on any atom is -0.342 e. The van der Waals surface area contributed by atoms with Crippen molar-refractivity contribution >= 4 is 5.91 Å². The van der Waals surface area contributed by atoms with E-state index in [1.165, 1.54) is 0 Å². The zero-order valence-electron chi connectivity index (χ0n) is 9.00. The van der Waals surface area contributed by atoms with E-state index in [0.29, 0.717) is 24.9 Å². The van der Waals surface area contributed by atoms with E-state index in [0.717, 1.165) is 0 Å². The minimum absolute atomic E-state index is 0.130. The van der Waals surface area contributed by atoms with Crippen molar-refractivity contribution in [3.8, 4) is 0 Å². The van der Waals surface area contributed by atoms with Gasteiger partial charge >= 0.3 is 0 Å². The lowest BCUT2D eigenvalue weighted by Crippen LogP contribution is -2.43. The summed E-state index contributed by atoms with van der Waals surface area (Å²) < 4.78 is 0. The fraction of sp³-hybridized carbons (Fsp3) is 0.900. The van der Waals surface area contributed by atoms with Gasteiger partial charge < -0.3 is 10.6 Å². The molecule has 0 aromatic carbocycles. The number of rotatable bonds is 1. The van der Waals surface area contributed by atoms with E-state index in [9.17, 15) is 4.79 Å². The molecule has 76 valence electrons. The van der Waals surface area contributed by atoms with Crippen molar-refractivity contribution in [2.45, 2.75) is 33.2 Å². The molecule has 1 aliphatic heterocycles. The van der Waals surface area contributed by atoms with E-state index in [1.54, 1.807) is 0 Å². The van der Waals surface area contributed by atoms with Gasteiger partial charge in [0.05, 0.1) is 0 Å². The zero-order chi connectivity index (χ0) is 10.2. The van der Waals surface area contributed by atoms with Gasteiger partial charge in [0.25, 0.3) is 0 Å². The Morgan fingerprint density at radius 1 is 1.54 bits per heavy atom. The molecular formula is C10H20N2O. The fourth-order valence-corrected chi connectivity index (χ4v) is 2.45. The minimum atomic E-state index is 0.130. The van der Waals surface area contributed by atoms with Gasteiger partial charge in [-0.1, -0.05) is 20.8 Å². The molecular weight excluding hydrogens is 164 g/mol. The monoisotopic (exact) mass is 184 g/mol. The van der Waals surface area contributed by atoms with E-state index in [4.69, 9.17) is 5.73 Å². The molecule has 3 heteroatoms. The number of hydrogen-bond donors (Lipinski definition) is 1. The molecule has 0 aromatic heterocycles. The Balaban J connectivity index is 2.86. The molecule has 1 saturated heterocycles. The molecule has 1 amide bonds. The van der Waals surface area contributed by atoms with E-state index in [2.05, 4.69) is 20.8 Å². The van der Waals surface area contributed by atoms with Crippen LogP contribution in [0.15, 0.2) is 0 Å². The zero-order valence-corrected chi connectivity index (χ0v) is 9.00. The van der Waals surface area contributed by atoms with Crippen molar-refractivity contribution in [3.05, 3.63) is 0 Å². The maximum absolute atomic E-state index is 11.5. The first-order valence-electron chi connectivity index (χ1n) is 4.83. The molecule has 0 spiro atoms. The third-order valence-electron chi connectivity index (χ3n) is 2.88. The number of nitrogens with two attached hydrogens (primary N) is 1. The highest BCUT2D eigenvalue weighted by Gasteiger charge is 2.42. The summed E-state index contributed by atoms with van der Waals surface area (Å²) in [5.74, 6) is 0.563. The number of carbonyl (C=O) groups is 1. The quantitative estimate of drug-likeness (QED) is 0.656. The second-order valence-corrected chi connectivity index (χ2v) is 5.02. The molecule has 2 N–H and O–H groups in total. The molecule has 0 bridgehead atoms. The Hall–Kier alpha value is -0.570. The number of likely N-dealkylation sites (tertiary alicyclic amines) is 1. The fourth-order valence-electron chi connectivity index (χ4n) is 2.45. The van der Waals surface area contributed by atoms with Gasteiger partial charge in [0, 0.05) is 25.4 Å². The van der Waals surface area contributed by atoms with E-state index in [1.807, 2.05) is 11.9 Å². The number of hydrogen-bond acceptors (Lipinski definition) is 2. The van der Waals surface area contributed by atoms with Crippen molar-refractivity contribution in [1.82, 2.24) is 4.90 Å². The topological polar surface area (TPSA) is 46.3 Å². The Morgan fingerprint density at radius 3 is 2.38 bits per heavy atom. The summed E-state index contributed by atoms with van der Waals surface area (Å²) in [7, 11) is 1.88. The average molecular weight is 184 g/mol. The lowest BCUT2D eigenvalue weighted by atomic mass is 9.79. The SMILES string of the molecule is CN1C(=O)CC(CN)C1C(C)(C)C. The van der Waals surface area contributed by atoms with E-state index in [-0.39, 0.29) is 11.3 Å². The van der Waals surface area contributed by atoms with Crippen LogP contribution in [0.5, 0.6) is 0 Å². The normalized spacial score (nSPS) is 29.9. The van der Waals surface area contributed by atoms with Crippen molar-refractivity contribution in [2.75, 3.05) is 13.6 Å². The van der Waals surface area contributed by atoms with E-state index >= 15 is 0 Å². The third-order valence-corrected chi connectivity index (χ3v) is 2.88. The number of carbonyl (C=O) groups excluding carboxylic acids is 1. The second-order valence-electron chi connectivity index (χ2n) is 5.02. The Kier molecular flexibility index (Phi) is 2.66. The van der Waals surface area contributed by atoms with E-state index < -0.39 is 0 Å². The van der Waals surface area contributed by atoms with Gasteiger partial charge in [-0.15, -0.1) is 0 Å². The van der Waals surface area contributed by atoms with Gasteiger partial charge in [-0.3, -0.25) is 4.79 Å². The maximum atomic E-state index is 11.5. The van der Waals surface area contributed by atoms with Crippen molar-refractivity contribution in [1.29, 1.82) is 0 Å². The molecule has 0 radical (unpaired) electrons. The average Bonchev–Trinajstić information content (AvgIpc) is 2.26. The lowest BCUT2D eigenvalue weighted by Gasteiger charge is -2.36. The molecule has 13 heavy (non-hydrogen) atoms. The molecule has 0 aliphatic carbocycles. The molecule has 2 unspecified atom stereocenters. The predicted molar refractivity (Wildman–Crippen MR) is 53.2 cm³/mol. The Bertz CT molecular complexity index is 207. The molecule has 1 aliphatic rings. The first-order valence-corrected chi connectivity index (χ1v) is 4.83. The predicted octanol–water partition coefficient (Wildman–Crippen LogP) is 0.838. The van der Waals surface area contributed by atoms with Gasteiger partial charge in [0.1, 0.15) is 0 Å². The van der Waals surface area contributed by atoms with Crippen molar-refractivity contribution < 1.29 is 4.79 Å². The first kappa shape index (κ1) is 10.5. The van der Waals surface area contributed by atoms with Crippen LogP contribution in [0.3, 0.4) is 0 Å². The van der Waals surface area contributed by atoms with Crippen LogP contribution >= 0.6 is 0 Å². The Morgan fingerprint density at radius 2 is 2.08 bits per heavy atom. The van der Waals surface area contributed by atoms with Gasteiger partial charge in [0.15, 0.2) is 0 Å². The summed E-state index contributed by atoms with van der Waals surface area (Å²) in [5, 5.41) is 0. The summed E-state index contributed by atoms with van der Waals surface area (Å²) >= 11 is 0.